The Bertz CT molecular complexity index is 3540. The van der Waals surface area contributed by atoms with E-state index < -0.39 is 26.0 Å². The molecule has 0 aliphatic carbocycles. The summed E-state index contributed by atoms with van der Waals surface area (Å²) in [5.74, 6) is 0.0999. The molecule has 2 aliphatic rings. The van der Waals surface area contributed by atoms with Crippen molar-refractivity contribution in [2.45, 2.75) is 63.2 Å². The number of piperidine rings is 2. The summed E-state index contributed by atoms with van der Waals surface area (Å²) in [5.41, 5.74) is 7.47. The molecule has 2 aliphatic heterocycles. The van der Waals surface area contributed by atoms with Gasteiger partial charge in [-0.15, -0.1) is 22.7 Å². The van der Waals surface area contributed by atoms with Gasteiger partial charge in [-0.25, -0.2) is 54.2 Å². The number of thiazole rings is 2. The quantitative estimate of drug-likeness (QED) is 0.0944. The standard InChI is InChI=1S/C25H27FN6O4S2.C25H29FN6O3S2/c1-30(25-28-21(15-37-25)16-3-5-18(26)6-4-16)24-20(8-10-23(33)34)27-22-9-7-19(29-32(22)24)17-11-13-31(14-12-17)38(2,35)36;1-30(25-28-22(16-36-25)17-5-7-19(26)8-6-17)24-21(4-3-15-33)27-23-10-9-20(29-32(23)24)18-11-13-31(14-12-18)37(2,34)35/h3-7,9,15,17H,8,10-14H2,1-2H3,(H,33,34);5-10,16,18,33H,3-4,11-15H2,1-2H3. The first kappa shape index (κ1) is 53.5. The Morgan fingerprint density at radius 2 is 1.03 bits per heavy atom. The highest BCUT2D eigenvalue weighted by Gasteiger charge is 2.30. The number of aliphatic hydroxyl groups excluding tert-OH is 1. The van der Waals surface area contributed by atoms with Crippen molar-refractivity contribution in [3.05, 3.63) is 118 Å². The van der Waals surface area contributed by atoms with Crippen LogP contribution in [0, 0.1) is 11.6 Å². The molecule has 8 heterocycles. The van der Waals surface area contributed by atoms with Gasteiger partial charge in [0.05, 0.1) is 53.1 Å². The number of rotatable bonds is 16. The van der Waals surface area contributed by atoms with Crippen molar-refractivity contribution in [2.75, 3.05) is 69.2 Å². The van der Waals surface area contributed by atoms with E-state index in [2.05, 4.69) is 4.98 Å². The average Bonchev–Trinajstić information content (AvgIpc) is 4.23. The summed E-state index contributed by atoms with van der Waals surface area (Å²) in [4.78, 5) is 34.1. The van der Waals surface area contributed by atoms with Crippen LogP contribution in [0.25, 0.3) is 33.8 Å². The lowest BCUT2D eigenvalue weighted by Gasteiger charge is -2.29. The van der Waals surface area contributed by atoms with Gasteiger partial charge in [-0.2, -0.15) is 19.2 Å². The van der Waals surface area contributed by atoms with Gasteiger partial charge < -0.3 is 20.0 Å². The van der Waals surface area contributed by atoms with Gasteiger partial charge in [0.25, 0.3) is 0 Å². The normalized spacial score (nSPS) is 15.3. The van der Waals surface area contributed by atoms with E-state index in [0.29, 0.717) is 98.3 Å². The second-order valence-corrected chi connectivity index (χ2v) is 24.2. The molecule has 396 valence electrons. The first-order valence-corrected chi connectivity index (χ1v) is 29.7. The molecule has 8 aromatic rings. The molecule has 2 saturated heterocycles. The number of fused-ring (bicyclic) bond motifs is 2. The van der Waals surface area contributed by atoms with E-state index in [-0.39, 0.29) is 42.9 Å². The number of carboxylic acids is 1. The molecule has 0 radical (unpaired) electrons. The zero-order valence-corrected chi connectivity index (χ0v) is 44.9. The average molecular weight is 1100 g/mol. The summed E-state index contributed by atoms with van der Waals surface area (Å²) in [6, 6.07) is 20.0. The maximum Gasteiger partial charge on any atom is 0.303 e. The van der Waals surface area contributed by atoms with Crippen LogP contribution in [0.5, 0.6) is 0 Å². The van der Waals surface area contributed by atoms with E-state index >= 15 is 0 Å². The molecule has 2 N–H and O–H groups in total. The zero-order chi connectivity index (χ0) is 53.2. The number of halogens is 2. The molecule has 19 nitrogen and oxygen atoms in total. The number of imidazole rings is 2. The monoisotopic (exact) mass is 1100 g/mol. The second-order valence-electron chi connectivity index (χ2n) is 18.6. The van der Waals surface area contributed by atoms with E-state index in [0.717, 1.165) is 44.9 Å². The molecule has 25 heteroatoms. The number of aliphatic carboxylic acids is 1. The number of hydrogen-bond donors (Lipinski definition) is 2. The van der Waals surface area contributed by atoms with Crippen LogP contribution in [0.15, 0.2) is 83.6 Å². The van der Waals surface area contributed by atoms with Crippen LogP contribution < -0.4 is 9.80 Å². The fourth-order valence-electron chi connectivity index (χ4n) is 9.37. The van der Waals surface area contributed by atoms with Gasteiger partial charge in [-0.3, -0.25) is 4.79 Å². The minimum Gasteiger partial charge on any atom is -0.481 e. The number of carbonyl (C=O) groups is 1. The Morgan fingerprint density at radius 1 is 0.627 bits per heavy atom. The molecular formula is C50H56F2N12O7S4. The van der Waals surface area contributed by atoms with E-state index in [4.69, 9.17) is 25.1 Å². The summed E-state index contributed by atoms with van der Waals surface area (Å²) >= 11 is 2.88. The van der Waals surface area contributed by atoms with Crippen molar-refractivity contribution in [1.82, 2.24) is 47.8 Å². The number of carboxylic acid groups (broad SMARTS) is 1. The highest BCUT2D eigenvalue weighted by atomic mass is 32.2. The molecular weight excluding hydrogens is 1050 g/mol. The van der Waals surface area contributed by atoms with Crippen LogP contribution in [-0.2, 0) is 37.7 Å². The van der Waals surface area contributed by atoms with Crippen LogP contribution in [0.4, 0.5) is 30.7 Å². The first-order valence-electron chi connectivity index (χ1n) is 24.2. The summed E-state index contributed by atoms with van der Waals surface area (Å²) in [5, 5.41) is 33.8. The Balaban J connectivity index is 0.000000184. The smallest absolute Gasteiger partial charge is 0.303 e. The lowest BCUT2D eigenvalue weighted by molar-refractivity contribution is -0.137. The minimum atomic E-state index is -3.23. The molecule has 0 unspecified atom stereocenters. The number of aromatic nitrogens is 8. The second kappa shape index (κ2) is 22.5. The zero-order valence-electron chi connectivity index (χ0n) is 41.6. The molecule has 0 amide bonds. The number of aryl methyl sites for hydroxylation is 2. The number of benzene rings is 2. The van der Waals surface area contributed by atoms with Crippen LogP contribution in [0.1, 0.15) is 73.1 Å². The van der Waals surface area contributed by atoms with Crippen molar-refractivity contribution < 1.29 is 40.6 Å². The predicted octanol–water partition coefficient (Wildman–Crippen LogP) is 7.74. The third-order valence-corrected chi connectivity index (χ3v) is 17.8. The Kier molecular flexibility index (Phi) is 16.0. The predicted molar refractivity (Wildman–Crippen MR) is 285 cm³/mol. The molecule has 10 rings (SSSR count). The largest absolute Gasteiger partial charge is 0.481 e. The van der Waals surface area contributed by atoms with Gasteiger partial charge in [0.15, 0.2) is 33.2 Å². The summed E-state index contributed by atoms with van der Waals surface area (Å²) in [7, 11) is -2.67. The van der Waals surface area contributed by atoms with E-state index in [1.807, 2.05) is 63.4 Å². The summed E-state index contributed by atoms with van der Waals surface area (Å²) in [6.45, 7) is 1.89. The molecule has 2 aromatic carbocycles. The number of nitrogens with zero attached hydrogens (tertiary/aromatic N) is 12. The number of aliphatic hydroxyl groups is 1. The lowest BCUT2D eigenvalue weighted by Crippen LogP contribution is -2.37. The van der Waals surface area contributed by atoms with Gasteiger partial charge in [0.1, 0.15) is 11.6 Å². The van der Waals surface area contributed by atoms with E-state index in [1.165, 1.54) is 68.1 Å². The fraction of sp³-hybridized carbons (Fsp3) is 0.380. The lowest BCUT2D eigenvalue weighted by atomic mass is 9.94. The van der Waals surface area contributed by atoms with Crippen LogP contribution >= 0.6 is 22.7 Å². The van der Waals surface area contributed by atoms with Crippen molar-refractivity contribution >= 4 is 81.9 Å². The Morgan fingerprint density at radius 3 is 1.40 bits per heavy atom. The maximum atomic E-state index is 13.4. The molecule has 0 spiro atoms. The number of sulfonamides is 2. The summed E-state index contributed by atoms with van der Waals surface area (Å²) in [6.07, 6.45) is 6.49. The number of hydrogen-bond acceptors (Lipinski definition) is 16. The van der Waals surface area contributed by atoms with Gasteiger partial charge in [0.2, 0.25) is 20.0 Å². The van der Waals surface area contributed by atoms with Crippen molar-refractivity contribution in [1.29, 1.82) is 0 Å². The van der Waals surface area contributed by atoms with Crippen molar-refractivity contribution in [3.8, 4) is 22.5 Å². The van der Waals surface area contributed by atoms with Gasteiger partial charge >= 0.3 is 5.97 Å². The Labute approximate surface area is 440 Å². The van der Waals surface area contributed by atoms with Crippen LogP contribution in [0.2, 0.25) is 0 Å². The highest BCUT2D eigenvalue weighted by Crippen LogP contribution is 2.37. The third-order valence-electron chi connectivity index (χ3n) is 13.4. The number of anilines is 4. The highest BCUT2D eigenvalue weighted by molar-refractivity contribution is 7.88. The summed E-state index contributed by atoms with van der Waals surface area (Å²) < 4.78 is 80.9. The SMILES string of the molecule is CN(c1nc(-c2ccc(F)cc2)cs1)c1c(CCC(=O)O)nc2ccc(C3CCN(S(C)(=O)=O)CC3)nn12.CN(c1nc(-c2ccc(F)cc2)cs1)c1c(CCCO)nc2ccc(C3CCN(S(C)(=O)=O)CC3)nn12. The van der Waals surface area contributed by atoms with E-state index in [1.54, 1.807) is 28.8 Å². The Hall–Kier alpha value is -6.35. The van der Waals surface area contributed by atoms with Crippen LogP contribution in [0.3, 0.4) is 0 Å². The molecule has 75 heavy (non-hydrogen) atoms. The third kappa shape index (κ3) is 12.2. The van der Waals surface area contributed by atoms with Gasteiger partial charge in [0, 0.05) is 87.0 Å². The first-order chi connectivity index (χ1) is 35.8. The molecule has 0 atom stereocenters. The molecule has 0 saturated carbocycles. The van der Waals surface area contributed by atoms with Crippen molar-refractivity contribution in [3.63, 3.8) is 0 Å². The van der Waals surface area contributed by atoms with Gasteiger partial charge in [-0.05, 0) is 111 Å². The molecule has 2 fully saturated rings. The maximum absolute atomic E-state index is 13.4. The molecule has 6 aromatic heterocycles. The minimum absolute atomic E-state index is 0.0561. The topological polar surface area (TPSA) is 225 Å². The fourth-order valence-corrected chi connectivity index (χ4v) is 12.7. The van der Waals surface area contributed by atoms with Crippen molar-refractivity contribution in [2.24, 2.45) is 0 Å². The van der Waals surface area contributed by atoms with Crippen LogP contribution in [-0.4, -0.2) is 140 Å². The van der Waals surface area contributed by atoms with E-state index in [9.17, 15) is 40.6 Å². The molecule has 0 bridgehead atoms. The van der Waals surface area contributed by atoms with Gasteiger partial charge in [-0.1, -0.05) is 0 Å².